The summed E-state index contributed by atoms with van der Waals surface area (Å²) in [4.78, 5) is 14.9. The number of carbonyl (C=O) groups excluding carboxylic acids is 1. The Balaban J connectivity index is 1.79. The minimum absolute atomic E-state index is 0.0271. The summed E-state index contributed by atoms with van der Waals surface area (Å²) in [7, 11) is 0. The van der Waals surface area contributed by atoms with Gasteiger partial charge in [-0.05, 0) is 24.2 Å². The molecule has 5 nitrogen and oxygen atoms in total. The van der Waals surface area contributed by atoms with Crippen molar-refractivity contribution in [1.82, 2.24) is 10.2 Å². The molecule has 1 heterocycles. The average Bonchev–Trinajstić information content (AvgIpc) is 2.46. The van der Waals surface area contributed by atoms with Crippen LogP contribution in [0.5, 0.6) is 0 Å². The second-order valence-electron chi connectivity index (χ2n) is 7.15. The Morgan fingerprint density at radius 2 is 2.00 bits per heavy atom. The Morgan fingerprint density at radius 3 is 2.67 bits per heavy atom. The fourth-order valence-electron chi connectivity index (χ4n) is 3.60. The third-order valence-corrected chi connectivity index (χ3v) is 5.65. The number of carbonyl (C=O) groups is 1. The van der Waals surface area contributed by atoms with Gasteiger partial charge in [-0.2, -0.15) is 0 Å². The molecule has 5 heteroatoms. The zero-order valence-electron chi connectivity index (χ0n) is 13.7. The van der Waals surface area contributed by atoms with Crippen molar-refractivity contribution in [3.63, 3.8) is 0 Å². The van der Waals surface area contributed by atoms with E-state index in [0.717, 1.165) is 52.2 Å². The third-order valence-electron chi connectivity index (χ3n) is 5.65. The van der Waals surface area contributed by atoms with E-state index in [1.54, 1.807) is 0 Å². The van der Waals surface area contributed by atoms with Crippen molar-refractivity contribution in [3.8, 4) is 0 Å². The van der Waals surface area contributed by atoms with Crippen LogP contribution in [0.25, 0.3) is 0 Å². The van der Waals surface area contributed by atoms with E-state index in [4.69, 9.17) is 10.5 Å². The molecule has 0 radical (unpaired) electrons. The molecule has 1 amide bonds. The predicted molar refractivity (Wildman–Crippen MR) is 83.9 cm³/mol. The lowest BCUT2D eigenvalue weighted by Gasteiger charge is -2.46. The number of nitrogens with one attached hydrogen (secondary N) is 1. The number of rotatable bonds is 4. The first-order valence-electron chi connectivity index (χ1n) is 8.26. The molecule has 1 aliphatic carbocycles. The van der Waals surface area contributed by atoms with Gasteiger partial charge in [0.15, 0.2) is 0 Å². The average molecular weight is 297 g/mol. The second kappa shape index (κ2) is 7.07. The van der Waals surface area contributed by atoms with Gasteiger partial charge in [-0.25, -0.2) is 0 Å². The van der Waals surface area contributed by atoms with E-state index in [1.807, 2.05) is 0 Å². The Labute approximate surface area is 128 Å². The standard InChI is InChI=1S/C16H31N3O2/c1-12-14(17)5-4-13(16(12,2)3)15(20)18-6-7-19-8-10-21-11-9-19/h12-14H,4-11,17H2,1-3H3,(H,18,20). The SMILES string of the molecule is CC1C(N)CCC(C(=O)NCCN2CCOCC2)C1(C)C. The molecule has 3 N–H and O–H groups in total. The molecule has 0 aromatic rings. The van der Waals surface area contributed by atoms with E-state index in [-0.39, 0.29) is 23.3 Å². The molecule has 0 aromatic carbocycles. The number of hydrogen-bond donors (Lipinski definition) is 2. The maximum Gasteiger partial charge on any atom is 0.223 e. The first kappa shape index (κ1) is 16.7. The Bertz CT molecular complexity index is 353. The van der Waals surface area contributed by atoms with Gasteiger partial charge >= 0.3 is 0 Å². The highest BCUT2D eigenvalue weighted by Crippen LogP contribution is 2.44. The van der Waals surface area contributed by atoms with Crippen LogP contribution < -0.4 is 11.1 Å². The van der Waals surface area contributed by atoms with Crippen LogP contribution in [0, 0.1) is 17.3 Å². The summed E-state index contributed by atoms with van der Waals surface area (Å²) in [6.07, 6.45) is 1.86. The molecule has 2 aliphatic rings. The molecule has 0 bridgehead atoms. The molecule has 0 spiro atoms. The van der Waals surface area contributed by atoms with Crippen molar-refractivity contribution in [2.75, 3.05) is 39.4 Å². The number of nitrogens with zero attached hydrogens (tertiary/aromatic N) is 1. The largest absolute Gasteiger partial charge is 0.379 e. The molecule has 2 rings (SSSR count). The van der Waals surface area contributed by atoms with E-state index in [2.05, 4.69) is 31.0 Å². The van der Waals surface area contributed by atoms with Crippen LogP contribution in [0.3, 0.4) is 0 Å². The maximum atomic E-state index is 12.5. The number of amides is 1. The number of ether oxygens (including phenoxy) is 1. The summed E-state index contributed by atoms with van der Waals surface area (Å²) in [5.41, 5.74) is 6.14. The monoisotopic (exact) mass is 297 g/mol. The Kier molecular flexibility index (Phi) is 5.63. The first-order valence-corrected chi connectivity index (χ1v) is 8.26. The van der Waals surface area contributed by atoms with Gasteiger partial charge in [-0.3, -0.25) is 9.69 Å². The van der Waals surface area contributed by atoms with Crippen LogP contribution in [-0.2, 0) is 9.53 Å². The molecule has 0 aromatic heterocycles. The van der Waals surface area contributed by atoms with E-state index in [1.165, 1.54) is 0 Å². The molecule has 1 saturated carbocycles. The lowest BCUT2D eigenvalue weighted by atomic mass is 9.61. The summed E-state index contributed by atoms with van der Waals surface area (Å²) in [5, 5.41) is 3.13. The highest BCUT2D eigenvalue weighted by Gasteiger charge is 2.44. The van der Waals surface area contributed by atoms with Crippen molar-refractivity contribution < 1.29 is 9.53 Å². The van der Waals surface area contributed by atoms with Crippen LogP contribution in [-0.4, -0.2) is 56.2 Å². The summed E-state index contributed by atoms with van der Waals surface area (Å²) >= 11 is 0. The van der Waals surface area contributed by atoms with Crippen LogP contribution >= 0.6 is 0 Å². The lowest BCUT2D eigenvalue weighted by Crippen LogP contribution is -2.52. The normalized spacial score (nSPS) is 33.6. The van der Waals surface area contributed by atoms with Gasteiger partial charge in [0, 0.05) is 38.1 Å². The van der Waals surface area contributed by atoms with Gasteiger partial charge in [0.2, 0.25) is 5.91 Å². The number of morpholine rings is 1. The van der Waals surface area contributed by atoms with Crippen molar-refractivity contribution in [1.29, 1.82) is 0 Å². The topological polar surface area (TPSA) is 67.6 Å². The molecular weight excluding hydrogens is 266 g/mol. The zero-order valence-corrected chi connectivity index (χ0v) is 13.7. The van der Waals surface area contributed by atoms with E-state index in [0.29, 0.717) is 5.92 Å². The highest BCUT2D eigenvalue weighted by molar-refractivity contribution is 5.79. The zero-order chi connectivity index (χ0) is 15.5. The summed E-state index contributed by atoms with van der Waals surface area (Å²) in [6.45, 7) is 11.7. The van der Waals surface area contributed by atoms with Gasteiger partial charge in [0.25, 0.3) is 0 Å². The fourth-order valence-corrected chi connectivity index (χ4v) is 3.60. The summed E-state index contributed by atoms with van der Waals surface area (Å²) < 4.78 is 5.33. The van der Waals surface area contributed by atoms with Crippen LogP contribution in [0.2, 0.25) is 0 Å². The number of nitrogens with two attached hydrogens (primary N) is 1. The van der Waals surface area contributed by atoms with Gasteiger partial charge in [-0.1, -0.05) is 20.8 Å². The maximum absolute atomic E-state index is 12.5. The van der Waals surface area contributed by atoms with Crippen molar-refractivity contribution in [3.05, 3.63) is 0 Å². The molecule has 3 unspecified atom stereocenters. The number of hydrogen-bond acceptors (Lipinski definition) is 4. The Morgan fingerprint density at radius 1 is 1.33 bits per heavy atom. The van der Waals surface area contributed by atoms with Gasteiger partial charge in [0.1, 0.15) is 0 Å². The first-order chi connectivity index (χ1) is 9.93. The quantitative estimate of drug-likeness (QED) is 0.807. The Hall–Kier alpha value is -0.650. The highest BCUT2D eigenvalue weighted by atomic mass is 16.5. The summed E-state index contributed by atoms with van der Waals surface area (Å²) in [6, 6.07) is 0.220. The molecule has 1 aliphatic heterocycles. The molecule has 21 heavy (non-hydrogen) atoms. The van der Waals surface area contributed by atoms with Crippen LogP contribution in [0.4, 0.5) is 0 Å². The van der Waals surface area contributed by atoms with Gasteiger partial charge in [0.05, 0.1) is 13.2 Å². The predicted octanol–water partition coefficient (Wildman–Crippen LogP) is 0.834. The second-order valence-corrected chi connectivity index (χ2v) is 7.15. The van der Waals surface area contributed by atoms with Crippen molar-refractivity contribution >= 4 is 5.91 Å². The minimum Gasteiger partial charge on any atom is -0.379 e. The third kappa shape index (κ3) is 3.96. The van der Waals surface area contributed by atoms with Gasteiger partial charge < -0.3 is 15.8 Å². The van der Waals surface area contributed by atoms with E-state index >= 15 is 0 Å². The van der Waals surface area contributed by atoms with Crippen molar-refractivity contribution in [2.45, 2.75) is 39.7 Å². The van der Waals surface area contributed by atoms with Crippen molar-refractivity contribution in [2.24, 2.45) is 23.0 Å². The van der Waals surface area contributed by atoms with Gasteiger partial charge in [-0.15, -0.1) is 0 Å². The molecular formula is C16H31N3O2. The molecule has 3 atom stereocenters. The molecule has 1 saturated heterocycles. The van der Waals surface area contributed by atoms with Crippen LogP contribution in [0.1, 0.15) is 33.6 Å². The summed E-state index contributed by atoms with van der Waals surface area (Å²) in [5.74, 6) is 0.658. The minimum atomic E-state index is -0.0271. The fraction of sp³-hybridized carbons (Fsp3) is 0.938. The van der Waals surface area contributed by atoms with E-state index < -0.39 is 0 Å². The molecule has 122 valence electrons. The van der Waals surface area contributed by atoms with Crippen LogP contribution in [0.15, 0.2) is 0 Å². The smallest absolute Gasteiger partial charge is 0.223 e. The lowest BCUT2D eigenvalue weighted by molar-refractivity contribution is -0.132. The van der Waals surface area contributed by atoms with E-state index in [9.17, 15) is 4.79 Å². The molecule has 2 fully saturated rings.